The van der Waals surface area contributed by atoms with Gasteiger partial charge in [-0.25, -0.2) is 9.97 Å². The molecule has 0 spiro atoms. The molecule has 0 amide bonds. The lowest BCUT2D eigenvalue weighted by Gasteiger charge is -2.03. The average Bonchev–Trinajstić information content (AvgIpc) is 3.79. The third-order valence-corrected chi connectivity index (χ3v) is 6.15. The summed E-state index contributed by atoms with van der Waals surface area (Å²) in [7, 11) is 1.63. The molecule has 0 unspecified atom stereocenters. The summed E-state index contributed by atoms with van der Waals surface area (Å²) in [5, 5.41) is 8.32. The molecule has 4 aromatic heterocycles. The van der Waals surface area contributed by atoms with Gasteiger partial charge in [-0.15, -0.1) is 0 Å². The van der Waals surface area contributed by atoms with E-state index in [0.29, 0.717) is 33.0 Å². The first kappa shape index (κ1) is 28.1. The first-order valence-electron chi connectivity index (χ1n) is 13.5. The van der Waals surface area contributed by atoms with E-state index in [2.05, 4.69) is 50.3 Å². The van der Waals surface area contributed by atoms with Gasteiger partial charge in [-0.3, -0.25) is 4.98 Å². The number of hydrogen-bond acceptors (Lipinski definition) is 7. The quantitative estimate of drug-likeness (QED) is 0.207. The molecule has 0 saturated heterocycles. The van der Waals surface area contributed by atoms with Gasteiger partial charge < -0.3 is 29.3 Å². The first-order chi connectivity index (χ1) is 20.2. The Morgan fingerprint density at radius 1 is 0.659 bits per heavy atom. The van der Waals surface area contributed by atoms with Crippen molar-refractivity contribution in [2.75, 3.05) is 46.8 Å². The number of fused-ring (bicyclic) bond motifs is 8. The zero-order chi connectivity index (χ0) is 28.3. The highest BCUT2D eigenvalue weighted by molar-refractivity contribution is 5.86. The molecule has 0 fully saturated rings. The summed E-state index contributed by atoms with van der Waals surface area (Å²) in [6.07, 6.45) is 9.86. The summed E-state index contributed by atoms with van der Waals surface area (Å²) >= 11 is 0. The molecule has 9 heteroatoms. The lowest BCUT2D eigenvalue weighted by atomic mass is 10.1. The van der Waals surface area contributed by atoms with Crippen molar-refractivity contribution in [3.05, 3.63) is 89.6 Å². The van der Waals surface area contributed by atoms with Crippen LogP contribution in [0.25, 0.3) is 57.6 Å². The predicted molar refractivity (Wildman–Crippen MR) is 163 cm³/mol. The highest BCUT2D eigenvalue weighted by Gasteiger charge is 2.07. The Kier molecular flexibility index (Phi) is 9.80. The van der Waals surface area contributed by atoms with Crippen molar-refractivity contribution in [3.63, 3.8) is 0 Å². The minimum atomic E-state index is 0.0675. The molecule has 2 aliphatic heterocycles. The Labute approximate surface area is 238 Å². The van der Waals surface area contributed by atoms with Crippen molar-refractivity contribution in [2.24, 2.45) is 0 Å². The van der Waals surface area contributed by atoms with Gasteiger partial charge in [0.05, 0.1) is 73.6 Å². The van der Waals surface area contributed by atoms with Crippen LogP contribution in [0.2, 0.25) is 0 Å². The molecule has 2 aliphatic rings. The third kappa shape index (κ3) is 8.06. The zero-order valence-electron chi connectivity index (χ0n) is 22.9. The van der Waals surface area contributed by atoms with E-state index in [1.54, 1.807) is 7.11 Å². The molecule has 0 saturated carbocycles. The summed E-state index contributed by atoms with van der Waals surface area (Å²) in [5.41, 5.74) is 9.54. The van der Waals surface area contributed by atoms with Gasteiger partial charge in [-0.1, -0.05) is 6.07 Å². The van der Waals surface area contributed by atoms with Gasteiger partial charge in [-0.2, -0.15) is 0 Å². The molecule has 0 aliphatic carbocycles. The van der Waals surface area contributed by atoms with E-state index in [0.717, 1.165) is 56.1 Å². The number of aliphatic hydroxyl groups is 1. The minimum absolute atomic E-state index is 0.0675. The molecule has 4 aromatic rings. The lowest BCUT2D eigenvalue weighted by Crippen LogP contribution is -2.09. The van der Waals surface area contributed by atoms with Crippen molar-refractivity contribution in [3.8, 4) is 11.3 Å². The molecule has 210 valence electrons. The molecule has 8 bridgehead atoms. The molecular weight excluding hydrogens is 518 g/mol. The number of aliphatic hydroxyl groups excluding tert-OH is 1. The number of pyridine rings is 1. The number of ether oxygens (including phenoxy) is 3. The summed E-state index contributed by atoms with van der Waals surface area (Å²) in [6, 6.07) is 20.4. The smallest absolute Gasteiger partial charge is 0.0723 e. The molecule has 9 nitrogen and oxygen atoms in total. The molecule has 0 radical (unpaired) electrons. The van der Waals surface area contributed by atoms with Crippen LogP contribution >= 0.6 is 0 Å². The second kappa shape index (κ2) is 14.3. The number of aromatic amines is 2. The van der Waals surface area contributed by atoms with E-state index in [-0.39, 0.29) is 6.61 Å². The topological polar surface area (TPSA) is 118 Å². The van der Waals surface area contributed by atoms with E-state index in [1.165, 1.54) is 0 Å². The fourth-order valence-corrected chi connectivity index (χ4v) is 4.28. The van der Waals surface area contributed by atoms with Crippen molar-refractivity contribution >= 4 is 46.4 Å². The highest BCUT2D eigenvalue weighted by atomic mass is 16.5. The normalized spacial score (nSPS) is 11.9. The summed E-state index contributed by atoms with van der Waals surface area (Å²) in [6.45, 7) is 2.75. The minimum Gasteiger partial charge on any atom is -0.394 e. The Morgan fingerprint density at radius 3 is 2.00 bits per heavy atom. The van der Waals surface area contributed by atoms with Crippen molar-refractivity contribution in [1.82, 2.24) is 24.9 Å². The molecule has 41 heavy (non-hydrogen) atoms. The number of rotatable bonds is 9. The Bertz CT molecular complexity index is 1650. The Hall–Kier alpha value is -4.41. The lowest BCUT2D eigenvalue weighted by molar-refractivity contribution is 0.0159. The van der Waals surface area contributed by atoms with Crippen LogP contribution in [0.1, 0.15) is 22.8 Å². The number of nitrogens with one attached hydrogen (secondary N) is 2. The molecule has 6 rings (SSSR count). The Balaban J connectivity index is 0.000000264. The standard InChI is InChI=1S/C25H17N5.C7H16O4/c1-2-10-26-24(3-1)23-14-22-13-20-7-6-18(28-20)11-16-4-5-17(27-16)12-19-8-9-21(29-19)15-25(23)30-22;1-9-4-5-11-7-6-10-3-2-8/h1-15,28,30H;8H,2-7H2,1H3. The third-order valence-electron chi connectivity index (χ3n) is 6.15. The maximum atomic E-state index is 8.32. The number of nitrogens with zero attached hydrogens (tertiary/aromatic N) is 3. The van der Waals surface area contributed by atoms with Crippen LogP contribution < -0.4 is 0 Å². The maximum absolute atomic E-state index is 8.32. The molecule has 0 atom stereocenters. The summed E-state index contributed by atoms with van der Waals surface area (Å²) in [5.74, 6) is 0. The highest BCUT2D eigenvalue weighted by Crippen LogP contribution is 2.26. The number of aromatic nitrogens is 5. The van der Waals surface area contributed by atoms with Gasteiger partial charge in [0.2, 0.25) is 0 Å². The average molecular weight is 552 g/mol. The van der Waals surface area contributed by atoms with E-state index in [1.807, 2.05) is 60.8 Å². The van der Waals surface area contributed by atoms with Gasteiger partial charge in [0.15, 0.2) is 0 Å². The van der Waals surface area contributed by atoms with Crippen LogP contribution in [-0.4, -0.2) is 76.8 Å². The second-order valence-electron chi connectivity index (χ2n) is 9.24. The van der Waals surface area contributed by atoms with Crippen LogP contribution in [0.5, 0.6) is 0 Å². The first-order valence-corrected chi connectivity index (χ1v) is 13.5. The van der Waals surface area contributed by atoms with Crippen LogP contribution in [0.3, 0.4) is 0 Å². The largest absolute Gasteiger partial charge is 0.394 e. The van der Waals surface area contributed by atoms with Gasteiger partial charge in [0.1, 0.15) is 0 Å². The van der Waals surface area contributed by atoms with Crippen molar-refractivity contribution in [2.45, 2.75) is 0 Å². The van der Waals surface area contributed by atoms with Gasteiger partial charge >= 0.3 is 0 Å². The molecular formula is C32H33N5O4. The van der Waals surface area contributed by atoms with E-state index >= 15 is 0 Å². The van der Waals surface area contributed by atoms with Gasteiger partial charge in [-0.05, 0) is 78.9 Å². The van der Waals surface area contributed by atoms with Crippen molar-refractivity contribution in [1.29, 1.82) is 0 Å². The monoisotopic (exact) mass is 551 g/mol. The van der Waals surface area contributed by atoms with E-state index < -0.39 is 0 Å². The SMILES string of the molecule is C1=Cc2cc3ccc(cc4cc(-c5ccccn5)c(cc5nc(cc1n2)C=C5)[nH]4)[nH]3.COCCOCCOCCO. The fourth-order valence-electron chi connectivity index (χ4n) is 4.28. The van der Waals surface area contributed by atoms with Gasteiger partial charge in [0.25, 0.3) is 0 Å². The van der Waals surface area contributed by atoms with E-state index in [9.17, 15) is 0 Å². The van der Waals surface area contributed by atoms with Gasteiger partial charge in [0, 0.05) is 35.4 Å². The van der Waals surface area contributed by atoms with Crippen LogP contribution in [-0.2, 0) is 14.2 Å². The van der Waals surface area contributed by atoms with Crippen LogP contribution in [0.15, 0.2) is 66.9 Å². The van der Waals surface area contributed by atoms with Crippen molar-refractivity contribution < 1.29 is 19.3 Å². The second-order valence-corrected chi connectivity index (χ2v) is 9.24. The summed E-state index contributed by atoms with van der Waals surface area (Å²) < 4.78 is 14.8. The molecule has 6 heterocycles. The predicted octanol–water partition coefficient (Wildman–Crippen LogP) is 5.38. The van der Waals surface area contributed by atoms with Crippen LogP contribution in [0.4, 0.5) is 0 Å². The molecule has 0 aromatic carbocycles. The zero-order valence-corrected chi connectivity index (χ0v) is 22.9. The van der Waals surface area contributed by atoms with Crippen LogP contribution in [0, 0.1) is 0 Å². The van der Waals surface area contributed by atoms with E-state index in [4.69, 9.17) is 24.3 Å². The number of hydrogen-bond donors (Lipinski definition) is 3. The summed E-state index contributed by atoms with van der Waals surface area (Å²) in [4.78, 5) is 20.9. The Morgan fingerprint density at radius 2 is 1.32 bits per heavy atom. The molecule has 3 N–H and O–H groups in total. The maximum Gasteiger partial charge on any atom is 0.0723 e. The number of H-pyrrole nitrogens is 2. The fraction of sp³-hybridized carbons (Fsp3) is 0.219. The number of methoxy groups -OCH3 is 1.